The molecule has 1 aromatic heterocycles. The predicted molar refractivity (Wildman–Crippen MR) is 47.0 cm³/mol. The third-order valence-corrected chi connectivity index (χ3v) is 1.78. The van der Waals surface area contributed by atoms with Crippen LogP contribution >= 0.6 is 0 Å². The lowest BCUT2D eigenvalue weighted by molar-refractivity contribution is 0.0585. The molecular formula is C9H8F3NO3. The molecular weight excluding hydrogens is 227 g/mol. The van der Waals surface area contributed by atoms with Gasteiger partial charge in [0.1, 0.15) is 0 Å². The first-order valence-corrected chi connectivity index (χ1v) is 4.12. The Hall–Kier alpha value is -1.79. The average Bonchev–Trinajstić information content (AvgIpc) is 2.27. The van der Waals surface area contributed by atoms with Gasteiger partial charge in [-0.3, -0.25) is 0 Å². The minimum atomic E-state index is -2.94. The first kappa shape index (κ1) is 12.3. The molecule has 0 aliphatic rings. The van der Waals surface area contributed by atoms with Gasteiger partial charge in [-0.1, -0.05) is 0 Å². The van der Waals surface area contributed by atoms with Gasteiger partial charge in [0.15, 0.2) is 11.5 Å². The number of esters is 1. The van der Waals surface area contributed by atoms with Crippen LogP contribution in [0.3, 0.4) is 0 Å². The van der Waals surface area contributed by atoms with E-state index in [4.69, 9.17) is 0 Å². The Balaban J connectivity index is 3.31. The molecule has 0 unspecified atom stereocenters. The van der Waals surface area contributed by atoms with Crippen LogP contribution in [-0.2, 0) is 4.74 Å². The Morgan fingerprint density at radius 2 is 2.06 bits per heavy atom. The molecule has 16 heavy (non-hydrogen) atoms. The Morgan fingerprint density at radius 3 is 2.50 bits per heavy atom. The molecule has 1 aromatic rings. The molecule has 0 saturated heterocycles. The molecule has 7 heteroatoms. The van der Waals surface area contributed by atoms with Crippen molar-refractivity contribution in [1.82, 2.24) is 4.98 Å². The van der Waals surface area contributed by atoms with Crippen molar-refractivity contribution in [3.05, 3.63) is 23.1 Å². The minimum absolute atomic E-state index is 0.503. The van der Waals surface area contributed by atoms with Gasteiger partial charge >= 0.3 is 5.97 Å². The van der Waals surface area contributed by atoms with Crippen LogP contribution < -0.4 is 4.74 Å². The molecule has 1 rings (SSSR count). The molecule has 0 N–H and O–H groups in total. The number of hydrogen-bond acceptors (Lipinski definition) is 4. The zero-order chi connectivity index (χ0) is 12.3. The van der Waals surface area contributed by atoms with Gasteiger partial charge in [-0.25, -0.2) is 22.9 Å². The Labute approximate surface area is 89.0 Å². The number of rotatable bonds is 3. The fourth-order valence-corrected chi connectivity index (χ4v) is 1.05. The Bertz CT molecular complexity index is 409. The van der Waals surface area contributed by atoms with Crippen molar-refractivity contribution in [3.63, 3.8) is 0 Å². The number of carbonyl (C=O) groups is 1. The van der Waals surface area contributed by atoms with Crippen LogP contribution in [0.4, 0.5) is 13.2 Å². The fraction of sp³-hybridized carbons (Fsp3) is 0.333. The number of halogens is 3. The molecule has 0 amide bonds. The molecule has 1 heterocycles. The quantitative estimate of drug-likeness (QED) is 0.751. The maximum atomic E-state index is 13.2. The van der Waals surface area contributed by atoms with Crippen LogP contribution in [0.25, 0.3) is 0 Å². The molecule has 0 bridgehead atoms. The third-order valence-electron chi connectivity index (χ3n) is 1.78. The lowest BCUT2D eigenvalue weighted by atomic mass is 10.2. The van der Waals surface area contributed by atoms with Gasteiger partial charge in [-0.05, 0) is 6.07 Å². The minimum Gasteiger partial charge on any atom is -0.481 e. The summed E-state index contributed by atoms with van der Waals surface area (Å²) < 4.78 is 46.8. The number of methoxy groups -OCH3 is 2. The number of hydrogen-bond donors (Lipinski definition) is 0. The monoisotopic (exact) mass is 235 g/mol. The highest BCUT2D eigenvalue weighted by molar-refractivity contribution is 5.87. The predicted octanol–water partition coefficient (Wildman–Crippen LogP) is 1.95. The van der Waals surface area contributed by atoms with Crippen LogP contribution in [0, 0.1) is 5.82 Å². The number of nitrogens with zero attached hydrogens (tertiary/aromatic N) is 1. The summed E-state index contributed by atoms with van der Waals surface area (Å²) in [5.74, 6) is -2.74. The maximum absolute atomic E-state index is 13.2. The van der Waals surface area contributed by atoms with E-state index in [0.717, 1.165) is 14.2 Å². The largest absolute Gasteiger partial charge is 0.481 e. The van der Waals surface area contributed by atoms with Crippen LogP contribution in [0.2, 0.25) is 0 Å². The zero-order valence-corrected chi connectivity index (χ0v) is 8.46. The second-order valence-corrected chi connectivity index (χ2v) is 2.71. The molecule has 0 aliphatic carbocycles. The number of aromatic nitrogens is 1. The smallest absolute Gasteiger partial charge is 0.359 e. The van der Waals surface area contributed by atoms with Crippen molar-refractivity contribution >= 4 is 5.97 Å². The Morgan fingerprint density at radius 1 is 1.44 bits per heavy atom. The molecule has 0 spiro atoms. The molecule has 0 aliphatic heterocycles. The summed E-state index contributed by atoms with van der Waals surface area (Å²) in [5.41, 5.74) is -1.41. The van der Waals surface area contributed by atoms with Crippen LogP contribution in [0.5, 0.6) is 5.88 Å². The second-order valence-electron chi connectivity index (χ2n) is 2.71. The summed E-state index contributed by atoms with van der Waals surface area (Å²) in [6, 6.07) is 0.503. The van der Waals surface area contributed by atoms with Crippen molar-refractivity contribution in [2.24, 2.45) is 0 Å². The number of ether oxygens (including phenoxy) is 2. The SMILES string of the molecule is COC(=O)c1nc(OC)c(C(F)F)cc1F. The molecule has 0 radical (unpaired) electrons. The maximum Gasteiger partial charge on any atom is 0.359 e. The van der Waals surface area contributed by atoms with E-state index >= 15 is 0 Å². The normalized spacial score (nSPS) is 10.4. The number of pyridine rings is 1. The highest BCUT2D eigenvalue weighted by Crippen LogP contribution is 2.28. The summed E-state index contributed by atoms with van der Waals surface area (Å²) in [4.78, 5) is 14.3. The molecule has 0 saturated carbocycles. The molecule has 0 aromatic carbocycles. The van der Waals surface area contributed by atoms with Crippen LogP contribution in [-0.4, -0.2) is 25.2 Å². The van der Waals surface area contributed by atoms with E-state index in [1.165, 1.54) is 0 Å². The van der Waals surface area contributed by atoms with E-state index in [0.29, 0.717) is 6.07 Å². The first-order valence-electron chi connectivity index (χ1n) is 4.12. The van der Waals surface area contributed by atoms with Gasteiger partial charge in [0.2, 0.25) is 5.88 Å². The third kappa shape index (κ3) is 2.23. The van der Waals surface area contributed by atoms with E-state index in [1.54, 1.807) is 0 Å². The van der Waals surface area contributed by atoms with E-state index in [2.05, 4.69) is 14.5 Å². The van der Waals surface area contributed by atoms with E-state index in [9.17, 15) is 18.0 Å². The van der Waals surface area contributed by atoms with Crippen molar-refractivity contribution in [3.8, 4) is 5.88 Å². The van der Waals surface area contributed by atoms with Crippen molar-refractivity contribution < 1.29 is 27.4 Å². The summed E-state index contributed by atoms with van der Waals surface area (Å²) in [5, 5.41) is 0. The van der Waals surface area contributed by atoms with E-state index in [1.807, 2.05) is 0 Å². The molecule has 0 atom stereocenters. The number of alkyl halides is 2. The standard InChI is InChI=1S/C9H8F3NO3/c1-15-8-4(7(11)12)3-5(10)6(13-8)9(14)16-2/h3,7H,1-2H3. The van der Waals surface area contributed by atoms with E-state index in [-0.39, 0.29) is 0 Å². The zero-order valence-electron chi connectivity index (χ0n) is 8.46. The highest BCUT2D eigenvalue weighted by Gasteiger charge is 2.23. The topological polar surface area (TPSA) is 48.4 Å². The fourth-order valence-electron chi connectivity index (χ4n) is 1.05. The van der Waals surface area contributed by atoms with Gasteiger partial charge in [0.25, 0.3) is 6.43 Å². The molecule has 0 fully saturated rings. The van der Waals surface area contributed by atoms with Crippen molar-refractivity contribution in [2.45, 2.75) is 6.43 Å². The molecule has 88 valence electrons. The average molecular weight is 235 g/mol. The van der Waals surface area contributed by atoms with Crippen LogP contribution in [0.1, 0.15) is 22.5 Å². The summed E-state index contributed by atoms with van der Waals surface area (Å²) in [6.45, 7) is 0. The van der Waals surface area contributed by atoms with Gasteiger partial charge in [0.05, 0.1) is 19.8 Å². The first-order chi connectivity index (χ1) is 7.51. The van der Waals surface area contributed by atoms with Crippen molar-refractivity contribution in [1.29, 1.82) is 0 Å². The molecule has 4 nitrogen and oxygen atoms in total. The highest BCUT2D eigenvalue weighted by atomic mass is 19.3. The van der Waals surface area contributed by atoms with Gasteiger partial charge in [-0.15, -0.1) is 0 Å². The summed E-state index contributed by atoms with van der Waals surface area (Å²) in [7, 11) is 2.12. The lowest BCUT2D eigenvalue weighted by Crippen LogP contribution is -2.10. The Kier molecular flexibility index (Phi) is 3.70. The van der Waals surface area contributed by atoms with E-state index < -0.39 is 35.3 Å². The lowest BCUT2D eigenvalue weighted by Gasteiger charge is -2.08. The summed E-state index contributed by atoms with van der Waals surface area (Å²) >= 11 is 0. The van der Waals surface area contributed by atoms with Gasteiger partial charge < -0.3 is 9.47 Å². The summed E-state index contributed by atoms with van der Waals surface area (Å²) in [6.07, 6.45) is -2.94. The number of carbonyl (C=O) groups excluding carboxylic acids is 1. The van der Waals surface area contributed by atoms with Crippen molar-refractivity contribution in [2.75, 3.05) is 14.2 Å². The second kappa shape index (κ2) is 4.82. The van der Waals surface area contributed by atoms with Gasteiger partial charge in [-0.2, -0.15) is 0 Å². The van der Waals surface area contributed by atoms with Gasteiger partial charge in [0, 0.05) is 0 Å². The van der Waals surface area contributed by atoms with Crippen LogP contribution in [0.15, 0.2) is 6.07 Å².